The van der Waals surface area contributed by atoms with Crippen LogP contribution in [-0.2, 0) is 4.79 Å². The third-order valence-corrected chi connectivity index (χ3v) is 5.17. The van der Waals surface area contributed by atoms with Crippen LogP contribution in [0.5, 0.6) is 0 Å². The molecule has 2 amide bonds. The van der Waals surface area contributed by atoms with Crippen LogP contribution in [-0.4, -0.2) is 40.8 Å². The Morgan fingerprint density at radius 1 is 1.11 bits per heavy atom. The Morgan fingerprint density at radius 3 is 2.79 bits per heavy atom. The molecule has 1 aliphatic heterocycles. The maximum atomic E-state index is 13.1. The van der Waals surface area contributed by atoms with Crippen LogP contribution in [0.25, 0.3) is 22.0 Å². The van der Waals surface area contributed by atoms with Gasteiger partial charge in [0, 0.05) is 48.8 Å². The van der Waals surface area contributed by atoms with Crippen LogP contribution < -0.4 is 5.32 Å². The molecule has 4 rings (SSSR count). The number of pyridine rings is 1. The van der Waals surface area contributed by atoms with E-state index >= 15 is 0 Å². The zero-order valence-electron chi connectivity index (χ0n) is 15.9. The summed E-state index contributed by atoms with van der Waals surface area (Å²) in [6.07, 6.45) is 3.59. The maximum Gasteiger partial charge on any atom is 0.253 e. The molecule has 5 nitrogen and oxygen atoms in total. The molecule has 0 spiro atoms. The van der Waals surface area contributed by atoms with E-state index < -0.39 is 0 Å². The zero-order valence-corrected chi connectivity index (χ0v) is 15.9. The van der Waals surface area contributed by atoms with Gasteiger partial charge in [0.05, 0.1) is 5.52 Å². The fourth-order valence-corrected chi connectivity index (χ4v) is 3.91. The normalized spacial score (nSPS) is 16.8. The van der Waals surface area contributed by atoms with E-state index in [-0.39, 0.29) is 17.9 Å². The topological polar surface area (TPSA) is 62.3 Å². The van der Waals surface area contributed by atoms with E-state index in [1.165, 1.54) is 6.92 Å². The third kappa shape index (κ3) is 3.74. The molecule has 142 valence electrons. The van der Waals surface area contributed by atoms with E-state index in [4.69, 9.17) is 0 Å². The Labute approximate surface area is 164 Å². The molecule has 2 heterocycles. The van der Waals surface area contributed by atoms with E-state index in [9.17, 15) is 9.59 Å². The Bertz CT molecular complexity index is 1030. The van der Waals surface area contributed by atoms with Gasteiger partial charge in [0.2, 0.25) is 5.91 Å². The third-order valence-electron chi connectivity index (χ3n) is 5.17. The summed E-state index contributed by atoms with van der Waals surface area (Å²) in [6.45, 7) is 2.79. The van der Waals surface area contributed by atoms with Crippen molar-refractivity contribution in [3.63, 3.8) is 0 Å². The van der Waals surface area contributed by atoms with Crippen molar-refractivity contribution in [1.29, 1.82) is 0 Å². The quantitative estimate of drug-likeness (QED) is 0.762. The number of hydrogen-bond donors (Lipinski definition) is 1. The molecule has 1 N–H and O–H groups in total. The zero-order chi connectivity index (χ0) is 19.5. The molecule has 1 fully saturated rings. The van der Waals surface area contributed by atoms with Gasteiger partial charge in [0.1, 0.15) is 0 Å². The van der Waals surface area contributed by atoms with E-state index in [1.807, 2.05) is 59.5 Å². The highest BCUT2D eigenvalue weighted by Gasteiger charge is 2.25. The Morgan fingerprint density at radius 2 is 1.93 bits per heavy atom. The second-order valence-electron chi connectivity index (χ2n) is 7.25. The molecule has 1 aromatic heterocycles. The number of amides is 2. The lowest BCUT2D eigenvalue weighted by Gasteiger charge is -2.33. The van der Waals surface area contributed by atoms with Gasteiger partial charge >= 0.3 is 0 Å². The minimum atomic E-state index is -0.0512. The molecule has 0 radical (unpaired) electrons. The van der Waals surface area contributed by atoms with Gasteiger partial charge < -0.3 is 10.2 Å². The van der Waals surface area contributed by atoms with Crippen LogP contribution in [0.3, 0.4) is 0 Å². The molecule has 0 bridgehead atoms. The molecule has 0 saturated carbocycles. The minimum Gasteiger partial charge on any atom is -0.352 e. The number of carbonyl (C=O) groups excluding carboxylic acids is 2. The summed E-state index contributed by atoms with van der Waals surface area (Å²) < 4.78 is 0. The summed E-state index contributed by atoms with van der Waals surface area (Å²) in [5, 5.41) is 4.01. The van der Waals surface area contributed by atoms with E-state index in [0.29, 0.717) is 12.1 Å². The van der Waals surface area contributed by atoms with Crippen molar-refractivity contribution in [3.05, 3.63) is 66.4 Å². The van der Waals surface area contributed by atoms with Gasteiger partial charge in [-0.25, -0.2) is 0 Å². The predicted octanol–water partition coefficient (Wildman–Crippen LogP) is 3.64. The molecular formula is C23H23N3O2. The van der Waals surface area contributed by atoms with Crippen molar-refractivity contribution < 1.29 is 9.59 Å². The largest absolute Gasteiger partial charge is 0.352 e. The van der Waals surface area contributed by atoms with Gasteiger partial charge in [0.15, 0.2) is 0 Å². The van der Waals surface area contributed by atoms with Crippen LogP contribution in [0.1, 0.15) is 30.1 Å². The van der Waals surface area contributed by atoms with Crippen LogP contribution in [0.4, 0.5) is 0 Å². The number of piperidine rings is 1. The van der Waals surface area contributed by atoms with Crippen molar-refractivity contribution in [2.45, 2.75) is 25.8 Å². The first kappa shape index (κ1) is 18.2. The lowest BCUT2D eigenvalue weighted by Crippen LogP contribution is -2.49. The molecule has 3 aromatic rings. The SMILES string of the molecule is CC(=O)N[C@@H]1CCCN(C(=O)c2cccc(-c3cccc4cccnc34)c2)C1. The minimum absolute atomic E-state index is 0.00472. The van der Waals surface area contributed by atoms with Crippen molar-refractivity contribution in [2.75, 3.05) is 13.1 Å². The van der Waals surface area contributed by atoms with Crippen LogP contribution >= 0.6 is 0 Å². The Hall–Kier alpha value is -3.21. The highest BCUT2D eigenvalue weighted by atomic mass is 16.2. The second-order valence-corrected chi connectivity index (χ2v) is 7.25. The van der Waals surface area contributed by atoms with Crippen LogP contribution in [0.15, 0.2) is 60.8 Å². The fraction of sp³-hybridized carbons (Fsp3) is 0.261. The number of para-hydroxylation sites is 1. The summed E-state index contributed by atoms with van der Waals surface area (Å²) in [6, 6.07) is 17.8. The summed E-state index contributed by atoms with van der Waals surface area (Å²) in [5.74, 6) is -0.0464. The lowest BCUT2D eigenvalue weighted by atomic mass is 9.99. The standard InChI is InChI=1S/C23H23N3O2/c1-16(27)25-20-10-5-13-26(15-20)23(28)19-8-2-7-18(14-19)21-11-3-6-17-9-4-12-24-22(17)21/h2-4,6-9,11-12,14,20H,5,10,13,15H2,1H3,(H,25,27)/t20-/m1/s1. The van der Waals surface area contributed by atoms with Gasteiger partial charge in [-0.2, -0.15) is 0 Å². The van der Waals surface area contributed by atoms with E-state index in [2.05, 4.69) is 10.3 Å². The molecule has 2 aromatic carbocycles. The number of hydrogen-bond acceptors (Lipinski definition) is 3. The second kappa shape index (κ2) is 7.80. The van der Waals surface area contributed by atoms with Gasteiger partial charge in [-0.3, -0.25) is 14.6 Å². The number of likely N-dealkylation sites (tertiary alicyclic amines) is 1. The molecule has 1 atom stereocenters. The van der Waals surface area contributed by atoms with Gasteiger partial charge in [-0.05, 0) is 36.6 Å². The number of carbonyl (C=O) groups is 2. The smallest absolute Gasteiger partial charge is 0.253 e. The molecular weight excluding hydrogens is 350 g/mol. The molecule has 5 heteroatoms. The van der Waals surface area contributed by atoms with Crippen molar-refractivity contribution in [1.82, 2.24) is 15.2 Å². The van der Waals surface area contributed by atoms with Crippen LogP contribution in [0, 0.1) is 0 Å². The van der Waals surface area contributed by atoms with Gasteiger partial charge in [-0.1, -0.05) is 36.4 Å². The number of benzene rings is 2. The average molecular weight is 373 g/mol. The van der Waals surface area contributed by atoms with Crippen LogP contribution in [0.2, 0.25) is 0 Å². The Balaban J connectivity index is 1.61. The molecule has 1 saturated heterocycles. The number of aromatic nitrogens is 1. The first-order chi connectivity index (χ1) is 13.6. The Kier molecular flexibility index (Phi) is 5.06. The molecule has 0 aliphatic carbocycles. The predicted molar refractivity (Wildman–Crippen MR) is 110 cm³/mol. The highest BCUT2D eigenvalue weighted by molar-refractivity contribution is 5.98. The number of fused-ring (bicyclic) bond motifs is 1. The van der Waals surface area contributed by atoms with E-state index in [0.717, 1.165) is 41.4 Å². The highest BCUT2D eigenvalue weighted by Crippen LogP contribution is 2.28. The monoisotopic (exact) mass is 373 g/mol. The summed E-state index contributed by atoms with van der Waals surface area (Å²) in [5.41, 5.74) is 3.58. The molecule has 28 heavy (non-hydrogen) atoms. The van der Waals surface area contributed by atoms with Crippen molar-refractivity contribution >= 4 is 22.7 Å². The number of rotatable bonds is 3. The number of nitrogens with zero attached hydrogens (tertiary/aromatic N) is 2. The van der Waals surface area contributed by atoms with Crippen molar-refractivity contribution in [3.8, 4) is 11.1 Å². The average Bonchev–Trinajstić information content (AvgIpc) is 2.72. The number of nitrogens with one attached hydrogen (secondary N) is 1. The summed E-state index contributed by atoms with van der Waals surface area (Å²) in [7, 11) is 0. The lowest BCUT2D eigenvalue weighted by molar-refractivity contribution is -0.120. The fourth-order valence-electron chi connectivity index (χ4n) is 3.91. The molecule has 1 aliphatic rings. The first-order valence-corrected chi connectivity index (χ1v) is 9.62. The summed E-state index contributed by atoms with van der Waals surface area (Å²) >= 11 is 0. The first-order valence-electron chi connectivity index (χ1n) is 9.62. The molecule has 0 unspecified atom stereocenters. The van der Waals surface area contributed by atoms with Crippen molar-refractivity contribution in [2.24, 2.45) is 0 Å². The van der Waals surface area contributed by atoms with Gasteiger partial charge in [0.25, 0.3) is 5.91 Å². The van der Waals surface area contributed by atoms with Gasteiger partial charge in [-0.15, -0.1) is 0 Å². The van der Waals surface area contributed by atoms with E-state index in [1.54, 1.807) is 6.20 Å². The summed E-state index contributed by atoms with van der Waals surface area (Å²) in [4.78, 5) is 30.8. The maximum absolute atomic E-state index is 13.1.